The van der Waals surface area contributed by atoms with Crippen LogP contribution in [0.2, 0.25) is 0 Å². The van der Waals surface area contributed by atoms with Gasteiger partial charge in [0.15, 0.2) is 0 Å². The summed E-state index contributed by atoms with van der Waals surface area (Å²) in [7, 11) is 0. The summed E-state index contributed by atoms with van der Waals surface area (Å²) in [4.78, 5) is 18.7. The number of hydrogen-bond acceptors (Lipinski definition) is 3. The first-order chi connectivity index (χ1) is 10.8. The zero-order valence-corrected chi connectivity index (χ0v) is 12.1. The lowest BCUT2D eigenvalue weighted by Crippen LogP contribution is -2.30. The van der Waals surface area contributed by atoms with Crippen molar-refractivity contribution in [3.8, 4) is 0 Å². The Morgan fingerprint density at radius 1 is 1.27 bits per heavy atom. The SMILES string of the molecule is C=CCN(Cc1ccco1)C(=O)c1cnc2ccccc2c1. The number of fused-ring (bicyclic) bond motifs is 1. The molecule has 0 aliphatic heterocycles. The van der Waals surface area contributed by atoms with Crippen molar-refractivity contribution in [2.45, 2.75) is 6.54 Å². The van der Waals surface area contributed by atoms with Crippen LogP contribution in [-0.2, 0) is 6.54 Å². The van der Waals surface area contributed by atoms with E-state index in [1.807, 2.05) is 42.5 Å². The third-order valence-electron chi connectivity index (χ3n) is 3.40. The van der Waals surface area contributed by atoms with E-state index in [1.54, 1.807) is 23.4 Å². The van der Waals surface area contributed by atoms with Crippen LogP contribution in [0.5, 0.6) is 0 Å². The molecule has 1 aromatic carbocycles. The minimum atomic E-state index is -0.0884. The van der Waals surface area contributed by atoms with Crippen molar-refractivity contribution >= 4 is 16.8 Å². The molecule has 0 saturated heterocycles. The lowest BCUT2D eigenvalue weighted by Gasteiger charge is -2.20. The molecule has 0 radical (unpaired) electrons. The topological polar surface area (TPSA) is 46.3 Å². The Labute approximate surface area is 128 Å². The van der Waals surface area contributed by atoms with Crippen LogP contribution < -0.4 is 0 Å². The van der Waals surface area contributed by atoms with Gasteiger partial charge < -0.3 is 9.32 Å². The largest absolute Gasteiger partial charge is 0.467 e. The van der Waals surface area contributed by atoms with Gasteiger partial charge in [-0.2, -0.15) is 0 Å². The molecule has 0 aliphatic carbocycles. The third kappa shape index (κ3) is 2.91. The zero-order valence-electron chi connectivity index (χ0n) is 12.1. The van der Waals surface area contributed by atoms with Gasteiger partial charge in [0, 0.05) is 18.1 Å². The van der Waals surface area contributed by atoms with E-state index in [0.717, 1.165) is 16.7 Å². The van der Waals surface area contributed by atoms with Crippen molar-refractivity contribution in [1.29, 1.82) is 0 Å². The van der Waals surface area contributed by atoms with Crippen LogP contribution in [0.3, 0.4) is 0 Å². The summed E-state index contributed by atoms with van der Waals surface area (Å²) >= 11 is 0. The van der Waals surface area contributed by atoms with Crippen LogP contribution in [0.25, 0.3) is 10.9 Å². The minimum absolute atomic E-state index is 0.0884. The van der Waals surface area contributed by atoms with Crippen LogP contribution in [0, 0.1) is 0 Å². The summed E-state index contributed by atoms with van der Waals surface area (Å²) in [6.07, 6.45) is 4.92. The average molecular weight is 292 g/mol. The number of furan rings is 1. The first kappa shape index (κ1) is 14.1. The van der Waals surface area contributed by atoms with E-state index in [1.165, 1.54) is 0 Å². The predicted octanol–water partition coefficient (Wildman–Crippen LogP) is 3.66. The van der Waals surface area contributed by atoms with Crippen molar-refractivity contribution in [3.05, 3.63) is 78.9 Å². The van der Waals surface area contributed by atoms with Gasteiger partial charge in [-0.1, -0.05) is 24.3 Å². The maximum Gasteiger partial charge on any atom is 0.256 e. The Balaban J connectivity index is 1.88. The fraction of sp³-hybridized carbons (Fsp3) is 0.111. The molecule has 4 nitrogen and oxygen atoms in total. The molecule has 22 heavy (non-hydrogen) atoms. The molecule has 0 atom stereocenters. The number of pyridine rings is 1. The second kappa shape index (κ2) is 6.26. The molecule has 4 heteroatoms. The minimum Gasteiger partial charge on any atom is -0.467 e. The van der Waals surface area contributed by atoms with E-state index in [4.69, 9.17) is 4.42 Å². The number of hydrogen-bond donors (Lipinski definition) is 0. The molecule has 0 fully saturated rings. The van der Waals surface area contributed by atoms with E-state index >= 15 is 0 Å². The number of benzene rings is 1. The van der Waals surface area contributed by atoms with Gasteiger partial charge in [-0.15, -0.1) is 6.58 Å². The molecular weight excluding hydrogens is 276 g/mol. The number of carbonyl (C=O) groups is 1. The number of rotatable bonds is 5. The van der Waals surface area contributed by atoms with Crippen LogP contribution in [-0.4, -0.2) is 22.3 Å². The third-order valence-corrected chi connectivity index (χ3v) is 3.40. The number of carbonyl (C=O) groups excluding carboxylic acids is 1. The Bertz CT molecular complexity index is 794. The molecular formula is C18H16N2O2. The molecule has 2 heterocycles. The maximum absolute atomic E-state index is 12.7. The Hall–Kier alpha value is -2.88. The van der Waals surface area contributed by atoms with Crippen LogP contribution in [0.4, 0.5) is 0 Å². The highest BCUT2D eigenvalue weighted by atomic mass is 16.3. The Morgan fingerprint density at radius 3 is 2.91 bits per heavy atom. The monoisotopic (exact) mass is 292 g/mol. The molecule has 2 aromatic heterocycles. The first-order valence-electron chi connectivity index (χ1n) is 7.05. The summed E-state index contributed by atoms with van der Waals surface area (Å²) in [6, 6.07) is 13.3. The fourth-order valence-corrected chi connectivity index (χ4v) is 2.34. The Morgan fingerprint density at radius 2 is 2.14 bits per heavy atom. The van der Waals surface area contributed by atoms with Crippen molar-refractivity contribution in [2.24, 2.45) is 0 Å². The van der Waals surface area contributed by atoms with E-state index < -0.39 is 0 Å². The molecule has 1 amide bonds. The average Bonchev–Trinajstić information content (AvgIpc) is 3.06. The predicted molar refractivity (Wildman–Crippen MR) is 85.4 cm³/mol. The molecule has 0 bridgehead atoms. The molecule has 0 spiro atoms. The van der Waals surface area contributed by atoms with Crippen molar-refractivity contribution in [2.75, 3.05) is 6.54 Å². The molecule has 0 N–H and O–H groups in total. The highest BCUT2D eigenvalue weighted by Gasteiger charge is 2.17. The first-order valence-corrected chi connectivity index (χ1v) is 7.05. The van der Waals surface area contributed by atoms with Crippen LogP contribution >= 0.6 is 0 Å². The van der Waals surface area contributed by atoms with E-state index in [0.29, 0.717) is 18.7 Å². The van der Waals surface area contributed by atoms with Crippen molar-refractivity contribution < 1.29 is 9.21 Å². The molecule has 3 rings (SSSR count). The standard InChI is InChI=1S/C18H16N2O2/c1-2-9-20(13-16-7-5-10-22-16)18(21)15-11-14-6-3-4-8-17(14)19-12-15/h2-8,10-12H,1,9,13H2. The van der Waals surface area contributed by atoms with Gasteiger partial charge >= 0.3 is 0 Å². The summed E-state index contributed by atoms with van der Waals surface area (Å²) in [5.74, 6) is 0.651. The fourth-order valence-electron chi connectivity index (χ4n) is 2.34. The number of aromatic nitrogens is 1. The summed E-state index contributed by atoms with van der Waals surface area (Å²) < 4.78 is 5.32. The summed E-state index contributed by atoms with van der Waals surface area (Å²) in [5, 5.41) is 0.949. The van der Waals surface area contributed by atoms with Crippen LogP contribution in [0.15, 0.2) is 72.0 Å². The highest BCUT2D eigenvalue weighted by molar-refractivity contribution is 5.97. The maximum atomic E-state index is 12.7. The second-order valence-corrected chi connectivity index (χ2v) is 4.97. The summed E-state index contributed by atoms with van der Waals surface area (Å²) in [5.41, 5.74) is 1.44. The van der Waals surface area contributed by atoms with Crippen molar-refractivity contribution in [3.63, 3.8) is 0 Å². The van der Waals surface area contributed by atoms with Crippen molar-refractivity contribution in [1.82, 2.24) is 9.88 Å². The van der Waals surface area contributed by atoms with Gasteiger partial charge in [0.2, 0.25) is 0 Å². The number of para-hydroxylation sites is 1. The number of amides is 1. The lowest BCUT2D eigenvalue weighted by atomic mass is 10.1. The molecule has 0 unspecified atom stereocenters. The van der Waals surface area contributed by atoms with E-state index in [9.17, 15) is 4.79 Å². The van der Waals surface area contributed by atoms with E-state index in [-0.39, 0.29) is 5.91 Å². The molecule has 3 aromatic rings. The van der Waals surface area contributed by atoms with Gasteiger partial charge in [0.05, 0.1) is 23.9 Å². The zero-order chi connectivity index (χ0) is 15.4. The van der Waals surface area contributed by atoms with Gasteiger partial charge in [0.25, 0.3) is 5.91 Å². The normalized spacial score (nSPS) is 10.5. The van der Waals surface area contributed by atoms with Gasteiger partial charge in [-0.05, 0) is 24.3 Å². The second-order valence-electron chi connectivity index (χ2n) is 4.97. The molecule has 0 saturated carbocycles. The Kier molecular flexibility index (Phi) is 4.01. The molecule has 110 valence electrons. The molecule has 0 aliphatic rings. The summed E-state index contributed by atoms with van der Waals surface area (Å²) in [6.45, 7) is 4.57. The van der Waals surface area contributed by atoms with Gasteiger partial charge in [-0.3, -0.25) is 9.78 Å². The van der Waals surface area contributed by atoms with Gasteiger partial charge in [0.1, 0.15) is 5.76 Å². The smallest absolute Gasteiger partial charge is 0.256 e. The van der Waals surface area contributed by atoms with Gasteiger partial charge in [-0.25, -0.2) is 0 Å². The van der Waals surface area contributed by atoms with Crippen LogP contribution in [0.1, 0.15) is 16.1 Å². The van der Waals surface area contributed by atoms with E-state index in [2.05, 4.69) is 11.6 Å². The lowest BCUT2D eigenvalue weighted by molar-refractivity contribution is 0.0752. The quantitative estimate of drug-likeness (QED) is 0.674. The highest BCUT2D eigenvalue weighted by Crippen LogP contribution is 2.15. The number of nitrogens with zero attached hydrogens (tertiary/aromatic N) is 2.